The number of carbonyl (C=O) groups is 1. The molecule has 2 atom stereocenters. The Balaban J connectivity index is 1.49. The normalized spacial score (nSPS) is 25.5. The number of hydrazone groups is 1. The summed E-state index contributed by atoms with van der Waals surface area (Å²) >= 11 is 0. The standard InChI is InChI=1S/C26H27FN6O4/c1-17-14-18(2-3-19(17)25(35)32-9-12-36-13-10-32)30-23-22-20(4-8-29-24(22)34)33(31-23)16-26(5-7-28)6-11-37-15-21(26)27/h2-4,8,14,16,21H,5-6,9-13,15H2,1H3,(H-,29,30,31,34,35)/p+1. The molecule has 3 aliphatic heterocycles. The van der Waals surface area contributed by atoms with Gasteiger partial charge in [0.25, 0.3) is 17.2 Å². The lowest BCUT2D eigenvalue weighted by Crippen LogP contribution is -2.45. The van der Waals surface area contributed by atoms with Gasteiger partial charge in [-0.05, 0) is 37.1 Å². The summed E-state index contributed by atoms with van der Waals surface area (Å²) in [5, 5.41) is 9.40. The lowest BCUT2D eigenvalue weighted by molar-refractivity contribution is -0.480. The Labute approximate surface area is 213 Å². The van der Waals surface area contributed by atoms with Crippen LogP contribution in [-0.4, -0.2) is 78.2 Å². The zero-order chi connectivity index (χ0) is 26.0. The number of hydrogen-bond acceptors (Lipinski definition) is 6. The topological polar surface area (TPSA) is 123 Å². The quantitative estimate of drug-likeness (QED) is 0.612. The highest BCUT2D eigenvalue weighted by Crippen LogP contribution is 2.36. The number of aromatic amines is 1. The van der Waals surface area contributed by atoms with Crippen molar-refractivity contribution < 1.29 is 23.3 Å². The molecule has 0 bridgehead atoms. The maximum atomic E-state index is 15.0. The molecule has 11 heteroatoms. The molecular formula is C26H28FN6O4+. The largest absolute Gasteiger partial charge is 0.378 e. The van der Waals surface area contributed by atoms with E-state index in [1.165, 1.54) is 6.20 Å². The fraction of sp³-hybridized carbons (Fsp3) is 0.423. The van der Waals surface area contributed by atoms with E-state index in [1.807, 2.05) is 6.92 Å². The number of alkyl halides is 1. The Morgan fingerprint density at radius 2 is 2.14 bits per heavy atom. The molecule has 1 amide bonds. The van der Waals surface area contributed by atoms with Gasteiger partial charge in [0.15, 0.2) is 11.8 Å². The maximum absolute atomic E-state index is 15.0. The molecule has 4 heterocycles. The number of benzene rings is 1. The van der Waals surface area contributed by atoms with E-state index in [0.717, 1.165) is 5.56 Å². The van der Waals surface area contributed by atoms with Crippen molar-refractivity contribution in [2.75, 3.05) is 39.5 Å². The molecule has 192 valence electrons. The van der Waals surface area contributed by atoms with Crippen molar-refractivity contribution in [3.05, 3.63) is 57.5 Å². The molecule has 0 radical (unpaired) electrons. The molecule has 3 aliphatic rings. The highest BCUT2D eigenvalue weighted by Gasteiger charge is 2.46. The second kappa shape index (κ2) is 10.2. The van der Waals surface area contributed by atoms with Gasteiger partial charge < -0.3 is 19.4 Å². The molecule has 37 heavy (non-hydrogen) atoms. The van der Waals surface area contributed by atoms with Crippen molar-refractivity contribution in [2.24, 2.45) is 10.4 Å². The summed E-state index contributed by atoms with van der Waals surface area (Å²) in [7, 11) is 0. The molecule has 0 saturated carbocycles. The molecule has 0 spiro atoms. The Morgan fingerprint density at radius 1 is 1.32 bits per heavy atom. The second-order valence-corrected chi connectivity index (χ2v) is 9.40. The number of pyridine rings is 1. The average molecular weight is 508 g/mol. The van der Waals surface area contributed by atoms with Crippen molar-refractivity contribution in [2.45, 2.75) is 25.9 Å². The lowest BCUT2D eigenvalue weighted by Gasteiger charge is -2.32. The second-order valence-electron chi connectivity index (χ2n) is 9.40. The average Bonchev–Trinajstić information content (AvgIpc) is 3.24. The highest BCUT2D eigenvalue weighted by molar-refractivity contribution is 6.05. The van der Waals surface area contributed by atoms with E-state index in [4.69, 9.17) is 9.47 Å². The predicted molar refractivity (Wildman–Crippen MR) is 133 cm³/mol. The first-order valence-electron chi connectivity index (χ1n) is 12.2. The highest BCUT2D eigenvalue weighted by atomic mass is 19.1. The molecule has 0 aliphatic carbocycles. The molecule has 2 aromatic rings. The Hall–Kier alpha value is -3.88. The van der Waals surface area contributed by atoms with Gasteiger partial charge in [-0.1, -0.05) is 4.68 Å². The number of aromatic nitrogens is 1. The number of aryl methyl sites for hydroxylation is 1. The van der Waals surface area contributed by atoms with Crippen LogP contribution in [0.2, 0.25) is 0 Å². The van der Waals surface area contributed by atoms with Crippen molar-refractivity contribution in [3.8, 4) is 6.07 Å². The summed E-state index contributed by atoms with van der Waals surface area (Å²) in [6.07, 6.45) is 2.09. The number of amidine groups is 1. The van der Waals surface area contributed by atoms with Crippen molar-refractivity contribution >= 4 is 29.3 Å². The van der Waals surface area contributed by atoms with Crippen LogP contribution in [0.3, 0.4) is 0 Å². The van der Waals surface area contributed by atoms with Gasteiger partial charge >= 0.3 is 0 Å². The number of carbonyl (C=O) groups excluding carboxylic acids is 1. The minimum atomic E-state index is -1.37. The van der Waals surface area contributed by atoms with Gasteiger partial charge in [-0.25, -0.2) is 9.38 Å². The number of hydrogen-bond donors (Lipinski definition) is 2. The van der Waals surface area contributed by atoms with E-state index in [1.54, 1.807) is 40.1 Å². The fourth-order valence-electron chi connectivity index (χ4n) is 4.90. The smallest absolute Gasteiger partial charge is 0.266 e. The molecule has 2 unspecified atom stereocenters. The first-order chi connectivity index (χ1) is 17.9. The summed E-state index contributed by atoms with van der Waals surface area (Å²) < 4.78 is 27.2. The van der Waals surface area contributed by atoms with Gasteiger partial charge in [0.1, 0.15) is 6.17 Å². The molecule has 10 nitrogen and oxygen atoms in total. The molecular weight excluding hydrogens is 479 g/mol. The van der Waals surface area contributed by atoms with Crippen LogP contribution in [0.4, 0.5) is 15.8 Å². The van der Waals surface area contributed by atoms with Crippen LogP contribution in [0.5, 0.6) is 0 Å². The van der Waals surface area contributed by atoms with Gasteiger partial charge in [-0.15, -0.1) is 5.43 Å². The van der Waals surface area contributed by atoms with E-state index in [-0.39, 0.29) is 30.3 Å². The van der Waals surface area contributed by atoms with Crippen LogP contribution in [0.25, 0.3) is 0 Å². The lowest BCUT2D eigenvalue weighted by atomic mass is 9.77. The number of nitriles is 1. The maximum Gasteiger partial charge on any atom is 0.266 e. The Morgan fingerprint density at radius 3 is 2.86 bits per heavy atom. The number of amides is 1. The Kier molecular flexibility index (Phi) is 6.86. The molecule has 2 fully saturated rings. The summed E-state index contributed by atoms with van der Waals surface area (Å²) in [5.41, 5.74) is 4.41. The molecule has 1 aromatic carbocycles. The molecule has 1 aromatic heterocycles. The van der Waals surface area contributed by atoms with Gasteiger partial charge in [0, 0.05) is 37.5 Å². The number of hydrazine groups is 1. The minimum Gasteiger partial charge on any atom is -0.378 e. The number of nitrogens with one attached hydrogen (secondary N) is 2. The van der Waals surface area contributed by atoms with E-state index < -0.39 is 11.6 Å². The van der Waals surface area contributed by atoms with Gasteiger partial charge in [0.2, 0.25) is 5.84 Å². The number of H-pyrrole nitrogens is 1. The summed E-state index contributed by atoms with van der Waals surface area (Å²) in [6, 6.07) is 9.05. The van der Waals surface area contributed by atoms with Crippen LogP contribution in [-0.2, 0) is 9.47 Å². The fourth-order valence-corrected chi connectivity index (χ4v) is 4.90. The number of morpholine rings is 1. The Bertz CT molecular complexity index is 1370. The van der Waals surface area contributed by atoms with E-state index in [9.17, 15) is 14.9 Å². The number of aliphatic imine (C=N–C) groups is 1. The number of fused-ring (bicyclic) bond motifs is 1. The third kappa shape index (κ3) is 4.77. The van der Waals surface area contributed by atoms with Crippen molar-refractivity contribution in [1.29, 1.82) is 5.26 Å². The SMILES string of the molecule is Cc1cc(N=C2N[N+](=CC3(CC#N)CCOCC3F)c3cc[nH]c(=O)c32)ccc1C(=O)N1CCOCC1. The van der Waals surface area contributed by atoms with Crippen LogP contribution < -0.4 is 11.0 Å². The zero-order valence-electron chi connectivity index (χ0n) is 20.5. The first-order valence-corrected chi connectivity index (χ1v) is 12.2. The minimum absolute atomic E-state index is 0.0292. The number of rotatable bonds is 4. The third-order valence-corrected chi connectivity index (χ3v) is 7.04. The monoisotopic (exact) mass is 507 g/mol. The van der Waals surface area contributed by atoms with Crippen molar-refractivity contribution in [3.63, 3.8) is 0 Å². The van der Waals surface area contributed by atoms with Crippen LogP contribution in [0.1, 0.15) is 34.3 Å². The zero-order valence-corrected chi connectivity index (χ0v) is 20.5. The number of ether oxygens (including phenoxy) is 2. The molecule has 2 saturated heterocycles. The summed E-state index contributed by atoms with van der Waals surface area (Å²) in [4.78, 5) is 34.8. The van der Waals surface area contributed by atoms with Crippen LogP contribution >= 0.6 is 0 Å². The first kappa shape index (κ1) is 24.8. The predicted octanol–water partition coefficient (Wildman–Crippen LogP) is 2.13. The van der Waals surface area contributed by atoms with Crippen LogP contribution in [0.15, 0.2) is 40.2 Å². The number of halogens is 1. The third-order valence-electron chi connectivity index (χ3n) is 7.04. The van der Waals surface area contributed by atoms with E-state index in [0.29, 0.717) is 61.8 Å². The van der Waals surface area contributed by atoms with Gasteiger partial charge in [-0.3, -0.25) is 9.59 Å². The van der Waals surface area contributed by atoms with Gasteiger partial charge in [0.05, 0.1) is 43.4 Å². The number of nitrogens with zero attached hydrogens (tertiary/aromatic N) is 4. The van der Waals surface area contributed by atoms with E-state index >= 15 is 4.39 Å². The summed E-state index contributed by atoms with van der Waals surface area (Å²) in [5.74, 6) is 0.232. The molecule has 2 N–H and O–H groups in total. The van der Waals surface area contributed by atoms with E-state index in [2.05, 4.69) is 21.5 Å². The van der Waals surface area contributed by atoms with Crippen LogP contribution in [0, 0.1) is 23.7 Å². The van der Waals surface area contributed by atoms with Gasteiger partial charge in [-0.2, -0.15) is 5.26 Å². The molecule has 5 rings (SSSR count). The summed E-state index contributed by atoms with van der Waals surface area (Å²) in [6.45, 7) is 4.24. The van der Waals surface area contributed by atoms with Crippen molar-refractivity contribution in [1.82, 2.24) is 15.3 Å².